The van der Waals surface area contributed by atoms with E-state index in [9.17, 15) is 0 Å². The van der Waals surface area contributed by atoms with Crippen LogP contribution in [0.1, 0.15) is 0 Å². The largest absolute Gasteiger partial charge is 0.454 e. The Labute approximate surface area is 236 Å². The summed E-state index contributed by atoms with van der Waals surface area (Å²) in [7, 11) is 0. The summed E-state index contributed by atoms with van der Waals surface area (Å²) in [5.74, 6) is 1.65. The van der Waals surface area contributed by atoms with Gasteiger partial charge < -0.3 is 8.83 Å². The number of benzene rings is 5. The number of furan rings is 2. The summed E-state index contributed by atoms with van der Waals surface area (Å²) in [6.07, 6.45) is 0. The lowest BCUT2D eigenvalue weighted by atomic mass is 9.96. The maximum Gasteiger partial charge on any atom is 0.151 e. The topological polar surface area (TPSA) is 26.3 Å². The molecule has 5 aromatic carbocycles. The first-order valence-electron chi connectivity index (χ1n) is 12.3. The zero-order chi connectivity index (χ0) is 25.6. The average Bonchev–Trinajstić information content (AvgIpc) is 3.59. The van der Waals surface area contributed by atoms with E-state index >= 15 is 0 Å². The molecule has 2 aromatic heterocycles. The number of fused-ring (bicyclic) bond motifs is 2. The van der Waals surface area contributed by atoms with Crippen molar-refractivity contribution in [3.05, 3.63) is 130 Å². The minimum Gasteiger partial charge on any atom is -0.454 e. The molecular weight excluding hydrogens is 600 g/mol. The van der Waals surface area contributed by atoms with Crippen LogP contribution in [0.2, 0.25) is 0 Å². The molecule has 0 saturated heterocycles. The van der Waals surface area contributed by atoms with Gasteiger partial charge in [0.2, 0.25) is 0 Å². The predicted octanol–water partition coefficient (Wildman–Crippen LogP) is 11.4. The standard InChI is InChI=1S/C34H20Br2O2/c35-29-27-25(21-13-5-1-6-14-21)31(23-17-9-3-10-18-23)37-33(27)30(36)28-26(22-15-7-2-8-16-22)32(38-34(28)29)24-19-11-4-12-20-24/h1-20H. The zero-order valence-electron chi connectivity index (χ0n) is 20.1. The molecule has 0 unspecified atom stereocenters. The smallest absolute Gasteiger partial charge is 0.151 e. The number of hydrogen-bond donors (Lipinski definition) is 0. The Morgan fingerprint density at radius 2 is 0.658 bits per heavy atom. The molecule has 182 valence electrons. The van der Waals surface area contributed by atoms with Crippen molar-refractivity contribution in [2.75, 3.05) is 0 Å². The van der Waals surface area contributed by atoms with Crippen molar-refractivity contribution < 1.29 is 8.83 Å². The van der Waals surface area contributed by atoms with Gasteiger partial charge in [-0.05, 0) is 43.0 Å². The fourth-order valence-electron chi connectivity index (χ4n) is 5.16. The minimum atomic E-state index is 0.777. The van der Waals surface area contributed by atoms with Crippen LogP contribution in [0, 0.1) is 0 Å². The summed E-state index contributed by atoms with van der Waals surface area (Å²) < 4.78 is 15.2. The second-order valence-corrected chi connectivity index (χ2v) is 10.7. The van der Waals surface area contributed by atoms with Crippen LogP contribution in [0.25, 0.3) is 66.8 Å². The van der Waals surface area contributed by atoms with Gasteiger partial charge in [0.25, 0.3) is 0 Å². The van der Waals surface area contributed by atoms with Gasteiger partial charge in [0, 0.05) is 33.0 Å². The molecule has 0 radical (unpaired) electrons. The highest BCUT2D eigenvalue weighted by Gasteiger charge is 2.29. The summed E-state index contributed by atoms with van der Waals surface area (Å²) in [5.41, 5.74) is 7.81. The van der Waals surface area contributed by atoms with Gasteiger partial charge in [-0.25, -0.2) is 0 Å². The average molecular weight is 620 g/mol. The Morgan fingerprint density at radius 3 is 0.974 bits per heavy atom. The molecule has 0 aliphatic carbocycles. The fourth-order valence-corrected chi connectivity index (χ4v) is 6.48. The third-order valence-electron chi connectivity index (χ3n) is 6.85. The van der Waals surface area contributed by atoms with Crippen molar-refractivity contribution in [1.82, 2.24) is 0 Å². The summed E-state index contributed by atoms with van der Waals surface area (Å²) in [4.78, 5) is 0. The molecule has 0 fully saturated rings. The van der Waals surface area contributed by atoms with E-state index in [2.05, 4.69) is 105 Å². The molecule has 7 rings (SSSR count). The highest BCUT2D eigenvalue weighted by atomic mass is 79.9. The normalized spacial score (nSPS) is 11.4. The van der Waals surface area contributed by atoms with Crippen molar-refractivity contribution in [3.8, 4) is 44.9 Å². The van der Waals surface area contributed by atoms with E-state index in [1.807, 2.05) is 48.5 Å². The monoisotopic (exact) mass is 618 g/mol. The first-order valence-corrected chi connectivity index (χ1v) is 13.9. The van der Waals surface area contributed by atoms with Crippen molar-refractivity contribution in [2.24, 2.45) is 0 Å². The van der Waals surface area contributed by atoms with Crippen LogP contribution in [-0.2, 0) is 0 Å². The van der Waals surface area contributed by atoms with Gasteiger partial charge >= 0.3 is 0 Å². The molecule has 0 bridgehead atoms. The van der Waals surface area contributed by atoms with Gasteiger partial charge in [-0.15, -0.1) is 0 Å². The summed E-state index contributed by atoms with van der Waals surface area (Å²) in [6, 6.07) is 41.3. The Balaban J connectivity index is 1.65. The lowest BCUT2D eigenvalue weighted by molar-refractivity contribution is 0.626. The van der Waals surface area contributed by atoms with Crippen LogP contribution < -0.4 is 0 Å². The highest BCUT2D eigenvalue weighted by molar-refractivity contribution is 9.11. The molecule has 38 heavy (non-hydrogen) atoms. The van der Waals surface area contributed by atoms with Crippen molar-refractivity contribution in [2.45, 2.75) is 0 Å². The van der Waals surface area contributed by atoms with Gasteiger partial charge in [0.15, 0.2) is 11.2 Å². The molecule has 0 atom stereocenters. The number of halogens is 2. The number of hydrogen-bond acceptors (Lipinski definition) is 2. The third kappa shape index (κ3) is 3.67. The minimum absolute atomic E-state index is 0.777. The lowest BCUT2D eigenvalue weighted by Gasteiger charge is -2.06. The summed E-state index contributed by atoms with van der Waals surface area (Å²) >= 11 is 7.94. The molecule has 0 aliphatic heterocycles. The van der Waals surface area contributed by atoms with E-state index in [1.54, 1.807) is 0 Å². The summed E-state index contributed by atoms with van der Waals surface area (Å²) in [6.45, 7) is 0. The Bertz CT molecular complexity index is 1760. The maximum atomic E-state index is 6.75. The van der Waals surface area contributed by atoms with Gasteiger partial charge in [-0.2, -0.15) is 0 Å². The molecule has 0 saturated carbocycles. The quantitative estimate of drug-likeness (QED) is 0.196. The Hall–Kier alpha value is -3.86. The van der Waals surface area contributed by atoms with Crippen LogP contribution in [-0.4, -0.2) is 0 Å². The van der Waals surface area contributed by atoms with E-state index in [1.165, 1.54) is 0 Å². The summed E-state index contributed by atoms with van der Waals surface area (Å²) in [5, 5.41) is 1.95. The van der Waals surface area contributed by atoms with Crippen LogP contribution in [0.4, 0.5) is 0 Å². The second kappa shape index (κ2) is 9.46. The molecule has 0 spiro atoms. The SMILES string of the molecule is Brc1c2oc(-c3ccccc3)c(-c3ccccc3)c2c(Br)c2oc(-c3ccccc3)c(-c3ccccc3)c12. The van der Waals surface area contributed by atoms with Crippen molar-refractivity contribution in [1.29, 1.82) is 0 Å². The Morgan fingerprint density at radius 1 is 0.368 bits per heavy atom. The van der Waals surface area contributed by atoms with E-state index < -0.39 is 0 Å². The van der Waals surface area contributed by atoms with E-state index in [0.29, 0.717) is 0 Å². The molecule has 0 amide bonds. The fraction of sp³-hybridized carbons (Fsp3) is 0. The maximum absolute atomic E-state index is 6.75. The van der Waals surface area contributed by atoms with Gasteiger partial charge in [0.1, 0.15) is 11.5 Å². The molecule has 4 heteroatoms. The predicted molar refractivity (Wildman–Crippen MR) is 163 cm³/mol. The van der Waals surface area contributed by atoms with Crippen LogP contribution in [0.15, 0.2) is 139 Å². The van der Waals surface area contributed by atoms with E-state index in [-0.39, 0.29) is 0 Å². The molecular formula is C34H20Br2O2. The van der Waals surface area contributed by atoms with Gasteiger partial charge in [-0.3, -0.25) is 0 Å². The molecule has 7 aromatic rings. The third-order valence-corrected chi connectivity index (χ3v) is 8.36. The first kappa shape index (κ1) is 23.3. The zero-order valence-corrected chi connectivity index (χ0v) is 23.3. The second-order valence-electron chi connectivity index (χ2n) is 9.11. The highest BCUT2D eigenvalue weighted by Crippen LogP contribution is 2.53. The van der Waals surface area contributed by atoms with Crippen molar-refractivity contribution >= 4 is 53.8 Å². The van der Waals surface area contributed by atoms with E-state index in [4.69, 9.17) is 8.83 Å². The van der Waals surface area contributed by atoms with Gasteiger partial charge in [0.05, 0.1) is 8.95 Å². The molecule has 0 aliphatic rings. The van der Waals surface area contributed by atoms with Crippen LogP contribution in [0.5, 0.6) is 0 Å². The number of rotatable bonds is 4. The lowest BCUT2D eigenvalue weighted by Crippen LogP contribution is -1.83. The van der Waals surface area contributed by atoms with Gasteiger partial charge in [-0.1, -0.05) is 121 Å². The van der Waals surface area contributed by atoms with Crippen molar-refractivity contribution in [3.63, 3.8) is 0 Å². The van der Waals surface area contributed by atoms with Crippen LogP contribution in [0.3, 0.4) is 0 Å². The molecule has 2 nitrogen and oxygen atoms in total. The molecule has 2 heterocycles. The first-order chi connectivity index (χ1) is 18.7. The Kier molecular flexibility index (Phi) is 5.80. The van der Waals surface area contributed by atoms with Crippen LogP contribution >= 0.6 is 31.9 Å². The molecule has 0 N–H and O–H groups in total. The van der Waals surface area contributed by atoms with E-state index in [0.717, 1.165) is 75.8 Å².